The number of aryl methyl sites for hydroxylation is 1. The van der Waals surface area contributed by atoms with Crippen LogP contribution in [-0.2, 0) is 18.4 Å². The molecule has 0 bridgehead atoms. The highest BCUT2D eigenvalue weighted by Gasteiger charge is 2.34. The zero-order chi connectivity index (χ0) is 15.8. The van der Waals surface area contributed by atoms with Crippen molar-refractivity contribution in [1.29, 1.82) is 0 Å². The summed E-state index contributed by atoms with van der Waals surface area (Å²) in [4.78, 5) is 17.2. The van der Waals surface area contributed by atoms with Crippen molar-refractivity contribution in [2.24, 2.45) is 13.0 Å². The van der Waals surface area contributed by atoms with E-state index in [4.69, 9.17) is 0 Å². The largest absolute Gasteiger partial charge is 0.349 e. The third-order valence-corrected chi connectivity index (χ3v) is 5.55. The van der Waals surface area contributed by atoms with Crippen LogP contribution < -0.4 is 10.6 Å². The summed E-state index contributed by atoms with van der Waals surface area (Å²) in [7, 11) is 1.90. The number of carbonyl (C=O) groups excluding carboxylic acids is 1. The second-order valence-electron chi connectivity index (χ2n) is 6.48. The van der Waals surface area contributed by atoms with Gasteiger partial charge in [0, 0.05) is 43.5 Å². The summed E-state index contributed by atoms with van der Waals surface area (Å²) in [6.45, 7) is 2.08. The number of hydrogen-bond acceptors (Lipinski definition) is 5. The zero-order valence-electron chi connectivity index (χ0n) is 13.2. The second-order valence-corrected chi connectivity index (χ2v) is 7.42. The quantitative estimate of drug-likeness (QED) is 0.868. The van der Waals surface area contributed by atoms with Crippen molar-refractivity contribution >= 4 is 17.2 Å². The second kappa shape index (κ2) is 6.05. The minimum Gasteiger partial charge on any atom is -0.349 e. The fourth-order valence-electron chi connectivity index (χ4n) is 3.20. The van der Waals surface area contributed by atoms with Gasteiger partial charge in [0.05, 0.1) is 24.4 Å². The molecule has 2 N–H and O–H groups in total. The van der Waals surface area contributed by atoms with Gasteiger partial charge in [0.15, 0.2) is 0 Å². The molecule has 2 fully saturated rings. The van der Waals surface area contributed by atoms with Crippen molar-refractivity contribution in [2.45, 2.75) is 31.2 Å². The predicted octanol–water partition coefficient (Wildman–Crippen LogP) is 1.37. The molecule has 0 aromatic carbocycles. The van der Waals surface area contributed by atoms with Crippen molar-refractivity contribution in [3.8, 4) is 0 Å². The molecule has 6 nitrogen and oxygen atoms in total. The van der Waals surface area contributed by atoms with Gasteiger partial charge in [-0.2, -0.15) is 5.10 Å². The minimum atomic E-state index is -0.0398. The van der Waals surface area contributed by atoms with Crippen LogP contribution in [0.4, 0.5) is 0 Å². The van der Waals surface area contributed by atoms with Gasteiger partial charge < -0.3 is 10.6 Å². The summed E-state index contributed by atoms with van der Waals surface area (Å²) >= 11 is 1.65. The molecule has 2 aromatic heterocycles. The number of nitrogens with zero attached hydrogens (tertiary/aromatic N) is 3. The number of hydrogen-bond donors (Lipinski definition) is 2. The van der Waals surface area contributed by atoms with Crippen LogP contribution in [0.2, 0.25) is 0 Å². The number of carbonyl (C=O) groups is 1. The molecular formula is C16H21N5OS. The Kier molecular flexibility index (Phi) is 3.90. The lowest BCUT2D eigenvalue weighted by molar-refractivity contribution is -0.125. The molecule has 1 amide bonds. The molecule has 23 heavy (non-hydrogen) atoms. The molecule has 1 aliphatic carbocycles. The van der Waals surface area contributed by atoms with Gasteiger partial charge in [-0.15, -0.1) is 11.3 Å². The first-order valence-electron chi connectivity index (χ1n) is 8.12. The van der Waals surface area contributed by atoms with Crippen LogP contribution in [0.25, 0.3) is 0 Å². The van der Waals surface area contributed by atoms with Gasteiger partial charge in [-0.25, -0.2) is 4.98 Å². The lowest BCUT2D eigenvalue weighted by Crippen LogP contribution is -2.33. The lowest BCUT2D eigenvalue weighted by Gasteiger charge is -2.16. The first-order valence-corrected chi connectivity index (χ1v) is 9.00. The smallest absolute Gasteiger partial charge is 0.225 e. The summed E-state index contributed by atoms with van der Waals surface area (Å²) in [6.07, 6.45) is 6.38. The van der Waals surface area contributed by atoms with Gasteiger partial charge in [0.1, 0.15) is 5.01 Å². The van der Waals surface area contributed by atoms with Gasteiger partial charge >= 0.3 is 0 Å². The van der Waals surface area contributed by atoms with Crippen molar-refractivity contribution in [3.05, 3.63) is 34.0 Å². The first kappa shape index (κ1) is 14.8. The molecule has 1 saturated carbocycles. The van der Waals surface area contributed by atoms with E-state index >= 15 is 0 Å². The SMILES string of the molecule is Cn1cc([C@H]2CNC[C@@H]2C(=O)NCc2nc(C3CC3)cs2)cn1. The average molecular weight is 331 g/mol. The molecule has 0 spiro atoms. The van der Waals surface area contributed by atoms with Crippen LogP contribution >= 0.6 is 11.3 Å². The van der Waals surface area contributed by atoms with Gasteiger partial charge in [-0.05, 0) is 18.4 Å². The van der Waals surface area contributed by atoms with E-state index in [1.165, 1.54) is 18.5 Å². The summed E-state index contributed by atoms with van der Waals surface area (Å²) < 4.78 is 1.79. The Balaban J connectivity index is 1.37. The summed E-state index contributed by atoms with van der Waals surface area (Å²) in [6, 6.07) is 0. The van der Waals surface area contributed by atoms with Gasteiger partial charge in [0.25, 0.3) is 0 Å². The van der Waals surface area contributed by atoms with Crippen LogP contribution in [-0.4, -0.2) is 33.8 Å². The Bertz CT molecular complexity index is 705. The molecule has 122 valence electrons. The topological polar surface area (TPSA) is 71.8 Å². The van der Waals surface area contributed by atoms with Gasteiger partial charge in [0.2, 0.25) is 5.91 Å². The molecule has 0 unspecified atom stereocenters. The minimum absolute atomic E-state index is 0.0398. The van der Waals surface area contributed by atoms with Crippen LogP contribution in [0.15, 0.2) is 17.8 Å². The number of amides is 1. The Morgan fingerprint density at radius 1 is 1.48 bits per heavy atom. The highest BCUT2D eigenvalue weighted by atomic mass is 32.1. The Hall–Kier alpha value is -1.73. The van der Waals surface area contributed by atoms with Crippen LogP contribution in [0.5, 0.6) is 0 Å². The lowest BCUT2D eigenvalue weighted by atomic mass is 9.90. The highest BCUT2D eigenvalue weighted by Crippen LogP contribution is 2.40. The van der Waals surface area contributed by atoms with Crippen molar-refractivity contribution in [1.82, 2.24) is 25.4 Å². The number of aromatic nitrogens is 3. The zero-order valence-corrected chi connectivity index (χ0v) is 14.0. The van der Waals surface area contributed by atoms with Gasteiger partial charge in [-0.3, -0.25) is 9.48 Å². The van der Waals surface area contributed by atoms with E-state index < -0.39 is 0 Å². The van der Waals surface area contributed by atoms with E-state index in [-0.39, 0.29) is 17.7 Å². The Labute approximate surface area is 139 Å². The van der Waals surface area contributed by atoms with Crippen LogP contribution in [0, 0.1) is 5.92 Å². The van der Waals surface area contributed by atoms with E-state index in [1.54, 1.807) is 16.0 Å². The highest BCUT2D eigenvalue weighted by molar-refractivity contribution is 7.09. The van der Waals surface area contributed by atoms with Crippen molar-refractivity contribution < 1.29 is 4.79 Å². The standard InChI is InChI=1S/C16H21N5OS/c1-21-8-11(4-19-21)12-5-17-6-13(12)16(22)18-7-15-20-14(9-23-15)10-2-3-10/h4,8-10,12-13,17H,2-3,5-7H2,1H3,(H,18,22)/t12-,13+/m1/s1. The average Bonchev–Trinajstić information content (AvgIpc) is 2.96. The van der Waals surface area contributed by atoms with Crippen LogP contribution in [0.3, 0.4) is 0 Å². The Morgan fingerprint density at radius 2 is 2.35 bits per heavy atom. The first-order chi connectivity index (χ1) is 11.2. The number of nitrogens with one attached hydrogen (secondary N) is 2. The molecule has 3 heterocycles. The predicted molar refractivity (Wildman–Crippen MR) is 88.2 cm³/mol. The fourth-order valence-corrected chi connectivity index (χ4v) is 4.02. The molecule has 2 aliphatic rings. The summed E-state index contributed by atoms with van der Waals surface area (Å²) in [5.74, 6) is 0.931. The normalized spacial score (nSPS) is 24.0. The number of rotatable bonds is 5. The maximum Gasteiger partial charge on any atom is 0.225 e. The molecular weight excluding hydrogens is 310 g/mol. The molecule has 7 heteroatoms. The van der Waals surface area contributed by atoms with Gasteiger partial charge in [-0.1, -0.05) is 0 Å². The molecule has 2 atom stereocenters. The van der Waals surface area contributed by atoms with Crippen molar-refractivity contribution in [3.63, 3.8) is 0 Å². The fraction of sp³-hybridized carbons (Fsp3) is 0.562. The Morgan fingerprint density at radius 3 is 3.09 bits per heavy atom. The summed E-state index contributed by atoms with van der Waals surface area (Å²) in [5.41, 5.74) is 2.33. The summed E-state index contributed by atoms with van der Waals surface area (Å²) in [5, 5.41) is 13.7. The van der Waals surface area contributed by atoms with Crippen molar-refractivity contribution in [2.75, 3.05) is 13.1 Å². The third kappa shape index (κ3) is 3.16. The van der Waals surface area contributed by atoms with E-state index in [0.717, 1.165) is 23.7 Å². The van der Waals surface area contributed by atoms with E-state index in [2.05, 4.69) is 26.1 Å². The molecule has 4 rings (SSSR count). The molecule has 2 aromatic rings. The van der Waals surface area contributed by atoms with Crippen LogP contribution in [0.1, 0.15) is 40.9 Å². The molecule has 1 saturated heterocycles. The third-order valence-electron chi connectivity index (χ3n) is 4.68. The van der Waals surface area contributed by atoms with E-state index in [9.17, 15) is 4.79 Å². The van der Waals surface area contributed by atoms with E-state index in [1.807, 2.05) is 19.4 Å². The number of thiazole rings is 1. The molecule has 0 radical (unpaired) electrons. The molecule has 1 aliphatic heterocycles. The maximum atomic E-state index is 12.6. The maximum absolute atomic E-state index is 12.6. The van der Waals surface area contributed by atoms with E-state index in [0.29, 0.717) is 12.5 Å². The monoisotopic (exact) mass is 331 g/mol.